The Balaban J connectivity index is 1.89. The lowest BCUT2D eigenvalue weighted by Crippen LogP contribution is -2.14. The average Bonchev–Trinajstić information content (AvgIpc) is 2.79. The highest BCUT2D eigenvalue weighted by molar-refractivity contribution is 6.30. The minimum absolute atomic E-state index is 0.0458. The molecule has 0 bridgehead atoms. The zero-order chi connectivity index (χ0) is 23.1. The van der Waals surface area contributed by atoms with Gasteiger partial charge >= 0.3 is 0 Å². The van der Waals surface area contributed by atoms with Crippen molar-refractivity contribution in [1.29, 1.82) is 5.26 Å². The van der Waals surface area contributed by atoms with Gasteiger partial charge in [-0.05, 0) is 60.9 Å². The lowest BCUT2D eigenvalue weighted by molar-refractivity contribution is -0.112. The van der Waals surface area contributed by atoms with Crippen molar-refractivity contribution < 1.29 is 14.3 Å². The number of aryl methyl sites for hydroxylation is 2. The van der Waals surface area contributed by atoms with Crippen LogP contribution in [0.15, 0.2) is 66.2 Å². The zero-order valence-electron chi connectivity index (χ0n) is 18.1. The highest BCUT2D eigenvalue weighted by Gasteiger charge is 2.15. The van der Waals surface area contributed by atoms with Crippen LogP contribution in [0.5, 0.6) is 11.5 Å². The number of methoxy groups -OCH3 is 1. The number of para-hydroxylation sites is 1. The lowest BCUT2D eigenvalue weighted by atomic mass is 10.1. The van der Waals surface area contributed by atoms with Crippen LogP contribution >= 0.6 is 11.6 Å². The molecular formula is C26H23ClN2O3. The second-order valence-electron chi connectivity index (χ2n) is 7.24. The van der Waals surface area contributed by atoms with Gasteiger partial charge < -0.3 is 14.8 Å². The quantitative estimate of drug-likeness (QED) is 0.352. The molecule has 1 amide bonds. The molecule has 0 radical (unpaired) electrons. The monoisotopic (exact) mass is 446 g/mol. The molecule has 6 heteroatoms. The van der Waals surface area contributed by atoms with Gasteiger partial charge in [0.2, 0.25) is 0 Å². The number of nitriles is 1. The summed E-state index contributed by atoms with van der Waals surface area (Å²) < 4.78 is 11.4. The molecule has 0 unspecified atom stereocenters. The summed E-state index contributed by atoms with van der Waals surface area (Å²) in [5.74, 6) is 0.449. The van der Waals surface area contributed by atoms with Gasteiger partial charge in [-0.15, -0.1) is 0 Å². The van der Waals surface area contributed by atoms with Crippen LogP contribution in [-0.2, 0) is 11.4 Å². The average molecular weight is 447 g/mol. The maximum absolute atomic E-state index is 12.8. The number of hydrogen-bond donors (Lipinski definition) is 1. The largest absolute Gasteiger partial charge is 0.493 e. The summed E-state index contributed by atoms with van der Waals surface area (Å²) in [5, 5.41) is 13.1. The van der Waals surface area contributed by atoms with Crippen molar-refractivity contribution in [1.82, 2.24) is 0 Å². The molecule has 0 aliphatic heterocycles. The summed E-state index contributed by atoms with van der Waals surface area (Å²) in [6, 6.07) is 20.4. The summed E-state index contributed by atoms with van der Waals surface area (Å²) in [4.78, 5) is 12.8. The number of hydrogen-bond acceptors (Lipinski definition) is 4. The first-order valence-corrected chi connectivity index (χ1v) is 10.3. The summed E-state index contributed by atoms with van der Waals surface area (Å²) in [6.07, 6.45) is 1.50. The molecule has 3 aromatic carbocycles. The fraction of sp³-hybridized carbons (Fsp3) is 0.154. The van der Waals surface area contributed by atoms with Crippen molar-refractivity contribution in [2.75, 3.05) is 12.4 Å². The third-order valence-corrected chi connectivity index (χ3v) is 5.08. The van der Waals surface area contributed by atoms with Gasteiger partial charge in [0.1, 0.15) is 18.2 Å². The number of nitrogens with one attached hydrogen (secondary N) is 1. The Morgan fingerprint density at radius 1 is 1.12 bits per heavy atom. The van der Waals surface area contributed by atoms with Crippen LogP contribution in [0, 0.1) is 25.2 Å². The smallest absolute Gasteiger partial charge is 0.266 e. The normalized spacial score (nSPS) is 10.9. The Morgan fingerprint density at radius 3 is 2.56 bits per heavy atom. The van der Waals surface area contributed by atoms with Crippen molar-refractivity contribution in [2.45, 2.75) is 20.5 Å². The van der Waals surface area contributed by atoms with Crippen molar-refractivity contribution in [2.24, 2.45) is 0 Å². The van der Waals surface area contributed by atoms with Gasteiger partial charge in [-0.1, -0.05) is 48.0 Å². The van der Waals surface area contributed by atoms with Crippen LogP contribution < -0.4 is 14.8 Å². The molecule has 0 heterocycles. The first kappa shape index (κ1) is 22.9. The van der Waals surface area contributed by atoms with Gasteiger partial charge in [-0.2, -0.15) is 5.26 Å². The third kappa shape index (κ3) is 5.69. The van der Waals surface area contributed by atoms with E-state index in [-0.39, 0.29) is 12.2 Å². The highest BCUT2D eigenvalue weighted by Crippen LogP contribution is 2.33. The summed E-state index contributed by atoms with van der Waals surface area (Å²) in [5.41, 5.74) is 4.03. The van der Waals surface area contributed by atoms with Gasteiger partial charge in [0, 0.05) is 16.3 Å². The Bertz CT molecular complexity index is 1190. The van der Waals surface area contributed by atoms with Crippen LogP contribution in [0.4, 0.5) is 5.69 Å². The Labute approximate surface area is 192 Å². The van der Waals surface area contributed by atoms with E-state index in [4.69, 9.17) is 21.1 Å². The van der Waals surface area contributed by atoms with E-state index in [1.807, 2.05) is 50.2 Å². The summed E-state index contributed by atoms with van der Waals surface area (Å²) in [7, 11) is 1.54. The third-order valence-electron chi connectivity index (χ3n) is 4.83. The molecule has 1 N–H and O–H groups in total. The second-order valence-corrected chi connectivity index (χ2v) is 7.67. The minimum atomic E-state index is -0.493. The molecule has 0 fully saturated rings. The van der Waals surface area contributed by atoms with Gasteiger partial charge in [0.15, 0.2) is 11.5 Å². The SMILES string of the molecule is COc1cccc(C=C(C#N)C(=O)Nc2cc(C)ccc2C)c1OCc1ccc(Cl)cc1. The van der Waals surface area contributed by atoms with E-state index >= 15 is 0 Å². The van der Waals surface area contributed by atoms with Crippen molar-refractivity contribution >= 4 is 29.3 Å². The Morgan fingerprint density at radius 2 is 1.88 bits per heavy atom. The maximum atomic E-state index is 12.8. The molecule has 0 aliphatic rings. The zero-order valence-corrected chi connectivity index (χ0v) is 18.9. The standard InChI is InChI=1S/C26H23ClN2O3/c1-17-7-8-18(2)23(13-17)29-26(30)21(15-28)14-20-5-4-6-24(31-3)25(20)32-16-19-9-11-22(27)12-10-19/h4-14H,16H2,1-3H3,(H,29,30). The fourth-order valence-corrected chi connectivity index (χ4v) is 3.19. The molecular weight excluding hydrogens is 424 g/mol. The minimum Gasteiger partial charge on any atom is -0.493 e. The van der Waals surface area contributed by atoms with Gasteiger partial charge in [-0.25, -0.2) is 0 Å². The van der Waals surface area contributed by atoms with E-state index in [9.17, 15) is 10.1 Å². The van der Waals surface area contributed by atoms with E-state index in [0.717, 1.165) is 16.7 Å². The number of rotatable bonds is 7. The van der Waals surface area contributed by atoms with Gasteiger partial charge in [0.25, 0.3) is 5.91 Å². The van der Waals surface area contributed by atoms with Crippen LogP contribution in [0.3, 0.4) is 0 Å². The highest BCUT2D eigenvalue weighted by atomic mass is 35.5. The molecule has 0 atom stereocenters. The summed E-state index contributed by atoms with van der Waals surface area (Å²) >= 11 is 5.94. The number of amides is 1. The number of nitrogens with zero attached hydrogens (tertiary/aromatic N) is 1. The fourth-order valence-electron chi connectivity index (χ4n) is 3.06. The van der Waals surface area contributed by atoms with E-state index in [1.54, 1.807) is 30.3 Å². The lowest BCUT2D eigenvalue weighted by Gasteiger charge is -2.14. The number of anilines is 1. The molecule has 32 heavy (non-hydrogen) atoms. The predicted octanol–water partition coefficient (Wildman–Crippen LogP) is 6.09. The molecule has 3 rings (SSSR count). The molecule has 5 nitrogen and oxygen atoms in total. The molecule has 0 aliphatic carbocycles. The molecule has 0 saturated heterocycles. The van der Waals surface area contributed by atoms with E-state index < -0.39 is 5.91 Å². The molecule has 0 aromatic heterocycles. The second kappa shape index (κ2) is 10.5. The van der Waals surface area contributed by atoms with E-state index in [1.165, 1.54) is 13.2 Å². The van der Waals surface area contributed by atoms with Crippen molar-refractivity contribution in [3.8, 4) is 17.6 Å². The molecule has 3 aromatic rings. The van der Waals surface area contributed by atoms with Crippen LogP contribution in [-0.4, -0.2) is 13.0 Å². The molecule has 0 spiro atoms. The van der Waals surface area contributed by atoms with Crippen molar-refractivity contribution in [3.05, 3.63) is 93.5 Å². The van der Waals surface area contributed by atoms with E-state index in [2.05, 4.69) is 5.32 Å². The molecule has 0 saturated carbocycles. The Kier molecular flexibility index (Phi) is 7.54. The number of carbonyl (C=O) groups is 1. The Hall–Kier alpha value is -3.75. The topological polar surface area (TPSA) is 71.3 Å². The predicted molar refractivity (Wildman–Crippen MR) is 127 cm³/mol. The van der Waals surface area contributed by atoms with E-state index in [0.29, 0.717) is 27.8 Å². The first-order chi connectivity index (χ1) is 15.4. The summed E-state index contributed by atoms with van der Waals surface area (Å²) in [6.45, 7) is 4.11. The van der Waals surface area contributed by atoms with Gasteiger partial charge in [0.05, 0.1) is 7.11 Å². The molecule has 162 valence electrons. The number of benzene rings is 3. The van der Waals surface area contributed by atoms with Gasteiger partial charge in [-0.3, -0.25) is 4.79 Å². The number of ether oxygens (including phenoxy) is 2. The first-order valence-electron chi connectivity index (χ1n) is 9.96. The van der Waals surface area contributed by atoms with Crippen molar-refractivity contribution in [3.63, 3.8) is 0 Å². The number of carbonyl (C=O) groups excluding carboxylic acids is 1. The van der Waals surface area contributed by atoms with Crippen LogP contribution in [0.1, 0.15) is 22.3 Å². The number of halogens is 1. The van der Waals surface area contributed by atoms with Crippen LogP contribution in [0.25, 0.3) is 6.08 Å². The van der Waals surface area contributed by atoms with Crippen LogP contribution in [0.2, 0.25) is 5.02 Å². The maximum Gasteiger partial charge on any atom is 0.266 e.